The Morgan fingerprint density at radius 1 is 1.62 bits per heavy atom. The maximum atomic E-state index is 11.3. The van der Waals surface area contributed by atoms with Crippen LogP contribution >= 0.6 is 0 Å². The molecule has 0 unspecified atom stereocenters. The van der Waals surface area contributed by atoms with Gasteiger partial charge in [-0.3, -0.25) is 4.79 Å². The summed E-state index contributed by atoms with van der Waals surface area (Å²) in [5.41, 5.74) is 5.45. The maximum Gasteiger partial charge on any atom is 0.227 e. The first-order valence-electron chi connectivity index (χ1n) is 5.34. The summed E-state index contributed by atoms with van der Waals surface area (Å²) in [5.74, 6) is -0.279. The highest BCUT2D eigenvalue weighted by Crippen LogP contribution is 2.48. The van der Waals surface area contributed by atoms with Crippen LogP contribution in [-0.2, 0) is 9.53 Å². The van der Waals surface area contributed by atoms with Crippen molar-refractivity contribution >= 4 is 11.7 Å². The first-order chi connectivity index (χ1) is 7.62. The molecule has 0 aromatic carbocycles. The molecular formula is C10H19N3O3. The summed E-state index contributed by atoms with van der Waals surface area (Å²) in [5, 5.41) is 13.9. The third-order valence-electron chi connectivity index (χ3n) is 2.92. The summed E-state index contributed by atoms with van der Waals surface area (Å²) in [4.78, 5) is 11.3. The summed E-state index contributed by atoms with van der Waals surface area (Å²) < 4.78 is 5.02. The molecule has 0 aromatic heterocycles. The van der Waals surface area contributed by atoms with Gasteiger partial charge in [0.2, 0.25) is 5.91 Å². The lowest BCUT2D eigenvalue weighted by molar-refractivity contribution is -0.120. The van der Waals surface area contributed by atoms with Gasteiger partial charge in [-0.2, -0.15) is 0 Å². The van der Waals surface area contributed by atoms with E-state index in [1.807, 2.05) is 0 Å². The van der Waals surface area contributed by atoms with Crippen molar-refractivity contribution in [1.82, 2.24) is 5.32 Å². The van der Waals surface area contributed by atoms with Crippen LogP contribution in [0.1, 0.15) is 25.7 Å². The largest absolute Gasteiger partial charge is 0.409 e. The number of ether oxygens (including phenoxy) is 1. The molecule has 1 amide bonds. The number of methoxy groups -OCH3 is 1. The van der Waals surface area contributed by atoms with E-state index < -0.39 is 0 Å². The highest BCUT2D eigenvalue weighted by Gasteiger charge is 2.42. The molecule has 1 fully saturated rings. The predicted molar refractivity (Wildman–Crippen MR) is 59.2 cm³/mol. The first kappa shape index (κ1) is 12.8. The Morgan fingerprint density at radius 3 is 2.81 bits per heavy atom. The van der Waals surface area contributed by atoms with Crippen molar-refractivity contribution < 1.29 is 14.7 Å². The number of hydrogen-bond acceptors (Lipinski definition) is 4. The van der Waals surface area contributed by atoms with Crippen LogP contribution in [-0.4, -0.2) is 37.2 Å². The molecule has 0 spiro atoms. The fourth-order valence-electron chi connectivity index (χ4n) is 1.56. The van der Waals surface area contributed by atoms with Crippen LogP contribution < -0.4 is 11.1 Å². The standard InChI is InChI=1S/C10H19N3O3/c1-16-5-4-10(2-3-10)7-12-9(14)6-8(11)13-15/h15H,2-7H2,1H3,(H2,11,13)(H,12,14). The van der Waals surface area contributed by atoms with E-state index in [0.717, 1.165) is 25.9 Å². The van der Waals surface area contributed by atoms with Crippen molar-refractivity contribution in [1.29, 1.82) is 0 Å². The Bertz CT molecular complexity index is 274. The van der Waals surface area contributed by atoms with Crippen LogP contribution in [0.5, 0.6) is 0 Å². The van der Waals surface area contributed by atoms with E-state index in [1.165, 1.54) is 0 Å². The van der Waals surface area contributed by atoms with Gasteiger partial charge < -0.3 is 21.0 Å². The quantitative estimate of drug-likeness (QED) is 0.249. The molecule has 6 heteroatoms. The van der Waals surface area contributed by atoms with Crippen LogP contribution in [0.25, 0.3) is 0 Å². The average Bonchev–Trinajstić information content (AvgIpc) is 3.04. The molecule has 0 bridgehead atoms. The number of carbonyl (C=O) groups excluding carboxylic acids is 1. The molecule has 1 saturated carbocycles. The van der Waals surface area contributed by atoms with Gasteiger partial charge in [0.25, 0.3) is 0 Å². The minimum Gasteiger partial charge on any atom is -0.409 e. The minimum absolute atomic E-state index is 0.0587. The van der Waals surface area contributed by atoms with Crippen molar-refractivity contribution in [2.45, 2.75) is 25.7 Å². The predicted octanol–water partition coefficient (Wildman–Crippen LogP) is 0.0558. The van der Waals surface area contributed by atoms with E-state index >= 15 is 0 Å². The number of nitrogens with two attached hydrogens (primary N) is 1. The van der Waals surface area contributed by atoms with E-state index in [4.69, 9.17) is 15.7 Å². The lowest BCUT2D eigenvalue weighted by atomic mass is 10.0. The number of amides is 1. The summed E-state index contributed by atoms with van der Waals surface area (Å²) in [6.45, 7) is 1.37. The Morgan fingerprint density at radius 2 is 2.31 bits per heavy atom. The minimum atomic E-state index is -0.209. The van der Waals surface area contributed by atoms with E-state index in [9.17, 15) is 4.79 Å². The molecule has 6 nitrogen and oxygen atoms in total. The zero-order valence-corrected chi connectivity index (χ0v) is 9.53. The van der Waals surface area contributed by atoms with Gasteiger partial charge in [0.15, 0.2) is 0 Å². The van der Waals surface area contributed by atoms with Crippen LogP contribution in [0.4, 0.5) is 0 Å². The zero-order chi connectivity index (χ0) is 12.0. The fourth-order valence-corrected chi connectivity index (χ4v) is 1.56. The number of nitrogens with zero attached hydrogens (tertiary/aromatic N) is 1. The lowest BCUT2D eigenvalue weighted by Gasteiger charge is -2.15. The molecule has 0 atom stereocenters. The molecule has 0 radical (unpaired) electrons. The van der Waals surface area contributed by atoms with E-state index in [-0.39, 0.29) is 23.6 Å². The van der Waals surface area contributed by atoms with E-state index in [2.05, 4.69) is 10.5 Å². The molecule has 1 aliphatic carbocycles. The second-order valence-corrected chi connectivity index (χ2v) is 4.29. The second-order valence-electron chi connectivity index (χ2n) is 4.29. The Labute approximate surface area is 94.8 Å². The summed E-state index contributed by atoms with van der Waals surface area (Å²) in [6.07, 6.45) is 3.16. The summed E-state index contributed by atoms with van der Waals surface area (Å²) in [7, 11) is 1.67. The topological polar surface area (TPSA) is 96.9 Å². The molecule has 4 N–H and O–H groups in total. The normalized spacial score (nSPS) is 18.2. The monoisotopic (exact) mass is 229 g/mol. The lowest BCUT2D eigenvalue weighted by Crippen LogP contribution is -2.33. The van der Waals surface area contributed by atoms with E-state index in [0.29, 0.717) is 6.54 Å². The van der Waals surface area contributed by atoms with Gasteiger partial charge in [0.05, 0.1) is 6.42 Å². The molecule has 1 aliphatic rings. The molecule has 0 heterocycles. The van der Waals surface area contributed by atoms with E-state index in [1.54, 1.807) is 7.11 Å². The van der Waals surface area contributed by atoms with Gasteiger partial charge in [-0.1, -0.05) is 5.16 Å². The van der Waals surface area contributed by atoms with Crippen LogP contribution in [0.15, 0.2) is 5.16 Å². The third-order valence-corrected chi connectivity index (χ3v) is 2.92. The van der Waals surface area contributed by atoms with Crippen molar-refractivity contribution in [3.63, 3.8) is 0 Å². The van der Waals surface area contributed by atoms with Gasteiger partial charge in [0, 0.05) is 20.3 Å². The molecular weight excluding hydrogens is 210 g/mol. The van der Waals surface area contributed by atoms with Crippen molar-refractivity contribution in [2.24, 2.45) is 16.3 Å². The van der Waals surface area contributed by atoms with Gasteiger partial charge in [-0.05, 0) is 24.7 Å². The Hall–Kier alpha value is -1.30. The Balaban J connectivity index is 2.21. The Kier molecular flexibility index (Phi) is 4.54. The molecule has 16 heavy (non-hydrogen) atoms. The highest BCUT2D eigenvalue weighted by atomic mass is 16.5. The molecule has 1 rings (SSSR count). The van der Waals surface area contributed by atoms with Crippen molar-refractivity contribution in [2.75, 3.05) is 20.3 Å². The first-order valence-corrected chi connectivity index (χ1v) is 5.34. The number of nitrogens with one attached hydrogen (secondary N) is 1. The van der Waals surface area contributed by atoms with Gasteiger partial charge in [0.1, 0.15) is 5.84 Å². The average molecular weight is 229 g/mol. The number of rotatable bonds is 7. The maximum absolute atomic E-state index is 11.3. The number of amidine groups is 1. The van der Waals surface area contributed by atoms with Crippen molar-refractivity contribution in [3.05, 3.63) is 0 Å². The van der Waals surface area contributed by atoms with Gasteiger partial charge in [-0.25, -0.2) is 0 Å². The second kappa shape index (κ2) is 5.69. The molecule has 0 saturated heterocycles. The number of oxime groups is 1. The number of hydrogen-bond donors (Lipinski definition) is 3. The highest BCUT2D eigenvalue weighted by molar-refractivity contribution is 5.98. The van der Waals surface area contributed by atoms with Crippen LogP contribution in [0, 0.1) is 5.41 Å². The zero-order valence-electron chi connectivity index (χ0n) is 9.53. The molecule has 0 aromatic rings. The third kappa shape index (κ3) is 4.06. The molecule has 92 valence electrons. The summed E-state index contributed by atoms with van der Waals surface area (Å²) in [6, 6.07) is 0. The van der Waals surface area contributed by atoms with Gasteiger partial charge >= 0.3 is 0 Å². The fraction of sp³-hybridized carbons (Fsp3) is 0.800. The SMILES string of the molecule is COCCC1(CNC(=O)CC(N)=NO)CC1. The number of carbonyl (C=O) groups is 1. The smallest absolute Gasteiger partial charge is 0.227 e. The van der Waals surface area contributed by atoms with Gasteiger partial charge in [-0.15, -0.1) is 0 Å². The van der Waals surface area contributed by atoms with Crippen molar-refractivity contribution in [3.8, 4) is 0 Å². The van der Waals surface area contributed by atoms with Crippen LogP contribution in [0.2, 0.25) is 0 Å². The van der Waals surface area contributed by atoms with Crippen LogP contribution in [0.3, 0.4) is 0 Å². The summed E-state index contributed by atoms with van der Waals surface area (Å²) >= 11 is 0. The molecule has 0 aliphatic heterocycles.